The molecule has 0 aliphatic carbocycles. The van der Waals surface area contributed by atoms with E-state index in [1.807, 2.05) is 0 Å². The van der Waals surface area contributed by atoms with Crippen molar-refractivity contribution in [2.24, 2.45) is 0 Å². The molecular formula is C20H15Cl2NO5. The van der Waals surface area contributed by atoms with E-state index in [0.29, 0.717) is 21.2 Å². The van der Waals surface area contributed by atoms with Gasteiger partial charge in [0.2, 0.25) is 11.6 Å². The molecule has 0 radical (unpaired) electrons. The predicted octanol–water partition coefficient (Wildman–Crippen LogP) is 3.97. The van der Waals surface area contributed by atoms with Crippen LogP contribution in [0.1, 0.15) is 29.8 Å². The van der Waals surface area contributed by atoms with Gasteiger partial charge in [-0.15, -0.1) is 0 Å². The lowest BCUT2D eigenvalue weighted by Gasteiger charge is -2.24. The number of benzene rings is 2. The minimum atomic E-state index is -1.58. The smallest absolute Gasteiger partial charge is 0.308 e. The number of hydrogen-bond acceptors (Lipinski definition) is 5. The first-order chi connectivity index (χ1) is 13.2. The molecule has 8 heteroatoms. The number of rotatable bonds is 4. The molecular weight excluding hydrogens is 405 g/mol. The number of amides is 1. The van der Waals surface area contributed by atoms with E-state index in [4.69, 9.17) is 32.7 Å². The molecule has 0 saturated carbocycles. The fraction of sp³-hybridized carbons (Fsp3) is 0.150. The standard InChI is InChI=1S/C20H15Cl2NO5/c1-11(24)27-16-17(25)20(2,13-8-14(21)10-15(22)9-13)28-19(16)23-18(26)12-6-4-3-5-7-12/h3-10H,1-2H3,(H,23,26). The first-order valence-corrected chi connectivity index (χ1v) is 8.96. The molecule has 28 heavy (non-hydrogen) atoms. The van der Waals surface area contributed by atoms with Gasteiger partial charge >= 0.3 is 5.97 Å². The van der Waals surface area contributed by atoms with Gasteiger partial charge in [-0.1, -0.05) is 41.4 Å². The van der Waals surface area contributed by atoms with Gasteiger partial charge in [-0.3, -0.25) is 19.7 Å². The molecule has 1 atom stereocenters. The van der Waals surface area contributed by atoms with Gasteiger partial charge in [-0.05, 0) is 37.3 Å². The van der Waals surface area contributed by atoms with Crippen LogP contribution in [0, 0.1) is 0 Å². The Labute approximate surface area is 171 Å². The number of Topliss-reactive ketones (excluding diaryl/α,β-unsaturated/α-hetero) is 1. The summed E-state index contributed by atoms with van der Waals surface area (Å²) in [5.41, 5.74) is -0.894. The van der Waals surface area contributed by atoms with Gasteiger partial charge in [-0.25, -0.2) is 0 Å². The van der Waals surface area contributed by atoms with E-state index in [-0.39, 0.29) is 5.88 Å². The molecule has 3 rings (SSSR count). The second-order valence-corrected chi connectivity index (χ2v) is 7.07. The van der Waals surface area contributed by atoms with Crippen molar-refractivity contribution in [2.45, 2.75) is 19.4 Å². The number of hydrogen-bond donors (Lipinski definition) is 1. The van der Waals surface area contributed by atoms with Crippen molar-refractivity contribution in [3.05, 3.63) is 81.3 Å². The van der Waals surface area contributed by atoms with Crippen LogP contribution < -0.4 is 5.32 Å². The summed E-state index contributed by atoms with van der Waals surface area (Å²) < 4.78 is 10.8. The van der Waals surface area contributed by atoms with Crippen molar-refractivity contribution in [3.8, 4) is 0 Å². The van der Waals surface area contributed by atoms with Crippen LogP contribution in [0.5, 0.6) is 0 Å². The molecule has 2 aromatic carbocycles. The van der Waals surface area contributed by atoms with Gasteiger partial charge in [-0.2, -0.15) is 0 Å². The largest absolute Gasteiger partial charge is 0.456 e. The maximum absolute atomic E-state index is 13.0. The number of carbonyl (C=O) groups excluding carboxylic acids is 3. The van der Waals surface area contributed by atoms with Gasteiger partial charge in [0.1, 0.15) is 0 Å². The zero-order valence-electron chi connectivity index (χ0n) is 14.9. The minimum absolute atomic E-state index is 0.257. The van der Waals surface area contributed by atoms with Gasteiger partial charge in [0.05, 0.1) is 0 Å². The van der Waals surface area contributed by atoms with Crippen LogP contribution in [-0.4, -0.2) is 17.7 Å². The highest BCUT2D eigenvalue weighted by molar-refractivity contribution is 6.34. The fourth-order valence-corrected chi connectivity index (χ4v) is 3.25. The lowest BCUT2D eigenvalue weighted by molar-refractivity contribution is -0.142. The van der Waals surface area contributed by atoms with E-state index in [9.17, 15) is 14.4 Å². The normalized spacial score (nSPS) is 18.6. The Morgan fingerprint density at radius 1 is 1.07 bits per heavy atom. The van der Waals surface area contributed by atoms with Crippen molar-refractivity contribution in [1.82, 2.24) is 5.32 Å². The summed E-state index contributed by atoms with van der Waals surface area (Å²) in [7, 11) is 0. The highest BCUT2D eigenvalue weighted by Crippen LogP contribution is 2.40. The fourth-order valence-electron chi connectivity index (χ4n) is 2.72. The summed E-state index contributed by atoms with van der Waals surface area (Å²) in [6, 6.07) is 12.9. The third kappa shape index (κ3) is 3.88. The molecule has 2 aromatic rings. The molecule has 1 N–H and O–H groups in total. The molecule has 1 unspecified atom stereocenters. The summed E-state index contributed by atoms with van der Waals surface area (Å²) in [4.78, 5) is 37.0. The van der Waals surface area contributed by atoms with E-state index in [1.165, 1.54) is 25.1 Å². The third-order valence-corrected chi connectivity index (χ3v) is 4.51. The maximum Gasteiger partial charge on any atom is 0.308 e. The zero-order valence-corrected chi connectivity index (χ0v) is 16.4. The Bertz CT molecular complexity index is 983. The summed E-state index contributed by atoms with van der Waals surface area (Å²) in [6.07, 6.45) is 0. The topological polar surface area (TPSA) is 81.7 Å². The molecule has 6 nitrogen and oxygen atoms in total. The Kier molecular flexibility index (Phi) is 5.45. The van der Waals surface area contributed by atoms with Crippen molar-refractivity contribution < 1.29 is 23.9 Å². The van der Waals surface area contributed by atoms with Crippen molar-refractivity contribution in [2.75, 3.05) is 0 Å². The molecule has 1 aliphatic rings. The quantitative estimate of drug-likeness (QED) is 0.758. The minimum Gasteiger partial charge on any atom is -0.456 e. The summed E-state index contributed by atoms with van der Waals surface area (Å²) >= 11 is 12.1. The SMILES string of the molecule is CC(=O)OC1=C(NC(=O)c2ccccc2)OC(C)(c2cc(Cl)cc(Cl)c2)C1=O. The average Bonchev–Trinajstić information content (AvgIpc) is 2.86. The number of ketones is 1. The van der Waals surface area contributed by atoms with E-state index in [0.717, 1.165) is 6.92 Å². The number of carbonyl (C=O) groups is 3. The highest BCUT2D eigenvalue weighted by Gasteiger charge is 2.50. The molecule has 144 valence electrons. The molecule has 0 spiro atoms. The first-order valence-electron chi connectivity index (χ1n) is 8.20. The van der Waals surface area contributed by atoms with Crippen LogP contribution in [0.3, 0.4) is 0 Å². The second-order valence-electron chi connectivity index (χ2n) is 6.19. The molecule has 0 aromatic heterocycles. The third-order valence-electron chi connectivity index (χ3n) is 4.07. The summed E-state index contributed by atoms with van der Waals surface area (Å²) in [6.45, 7) is 2.62. The highest BCUT2D eigenvalue weighted by atomic mass is 35.5. The van der Waals surface area contributed by atoms with Crippen molar-refractivity contribution in [3.63, 3.8) is 0 Å². The molecule has 0 saturated heterocycles. The van der Waals surface area contributed by atoms with E-state index in [2.05, 4.69) is 5.32 Å². The van der Waals surface area contributed by atoms with Crippen LogP contribution >= 0.6 is 23.2 Å². The Morgan fingerprint density at radius 3 is 2.25 bits per heavy atom. The van der Waals surface area contributed by atoms with Crippen LogP contribution in [0.25, 0.3) is 0 Å². The first kappa shape index (κ1) is 19.9. The molecule has 1 heterocycles. The summed E-state index contributed by atoms with van der Waals surface area (Å²) in [5, 5.41) is 3.09. The van der Waals surface area contributed by atoms with Gasteiger partial charge in [0.25, 0.3) is 11.7 Å². The van der Waals surface area contributed by atoms with E-state index < -0.39 is 29.0 Å². The number of esters is 1. The lowest BCUT2D eigenvalue weighted by Crippen LogP contribution is -2.32. The van der Waals surface area contributed by atoms with E-state index in [1.54, 1.807) is 30.3 Å². The number of halogens is 2. The van der Waals surface area contributed by atoms with Crippen molar-refractivity contribution in [1.29, 1.82) is 0 Å². The van der Waals surface area contributed by atoms with Crippen LogP contribution in [0.15, 0.2) is 60.2 Å². The average molecular weight is 420 g/mol. The summed E-state index contributed by atoms with van der Waals surface area (Å²) in [5.74, 6) is -2.55. The second kappa shape index (κ2) is 7.66. The molecule has 1 aliphatic heterocycles. The monoisotopic (exact) mass is 419 g/mol. The molecule has 1 amide bonds. The number of ether oxygens (including phenoxy) is 2. The van der Waals surface area contributed by atoms with Crippen LogP contribution in [0.2, 0.25) is 10.0 Å². The van der Waals surface area contributed by atoms with Crippen LogP contribution in [0.4, 0.5) is 0 Å². The number of nitrogens with one attached hydrogen (secondary N) is 1. The lowest BCUT2D eigenvalue weighted by atomic mass is 9.91. The Hall–Kier alpha value is -2.83. The van der Waals surface area contributed by atoms with Gasteiger partial charge in [0, 0.05) is 28.1 Å². The zero-order chi connectivity index (χ0) is 20.5. The van der Waals surface area contributed by atoms with Gasteiger partial charge in [0.15, 0.2) is 5.60 Å². The molecule has 0 bridgehead atoms. The van der Waals surface area contributed by atoms with Gasteiger partial charge < -0.3 is 9.47 Å². The van der Waals surface area contributed by atoms with E-state index >= 15 is 0 Å². The molecule has 0 fully saturated rings. The Balaban J connectivity index is 1.98. The predicted molar refractivity (Wildman–Crippen MR) is 103 cm³/mol. The Morgan fingerprint density at radius 2 is 1.68 bits per heavy atom. The van der Waals surface area contributed by atoms with Crippen LogP contribution in [-0.2, 0) is 24.7 Å². The maximum atomic E-state index is 13.0. The van der Waals surface area contributed by atoms with Crippen molar-refractivity contribution >= 4 is 40.9 Å².